The number of rotatable bonds is 8. The molecule has 2 heterocycles. The number of aromatic nitrogens is 5. The van der Waals surface area contributed by atoms with Crippen LogP contribution in [0.15, 0.2) is 24.5 Å². The highest BCUT2D eigenvalue weighted by atomic mass is 19.4. The van der Waals surface area contributed by atoms with Gasteiger partial charge in [0.15, 0.2) is 0 Å². The molecule has 0 bridgehead atoms. The zero-order valence-electron chi connectivity index (χ0n) is 17.0. The predicted octanol–water partition coefficient (Wildman–Crippen LogP) is 2.62. The Hall–Kier alpha value is -3.44. The standard InChI is InChI=1S/C19H22F3N7O2/c1-11(2)29-17(25-10-26-29)18(31)24-9-15-27-13-4-3-12(7-14(13)28-15)8-23-16(30)5-6-19(20,21)22/h3-4,7,10-11H,5-6,8-9H2,1-2H3,(H,23,30)(H,24,31)(H,27,28). The highest BCUT2D eigenvalue weighted by molar-refractivity contribution is 5.90. The zero-order chi connectivity index (χ0) is 22.6. The Morgan fingerprint density at radius 3 is 2.68 bits per heavy atom. The number of fused-ring (bicyclic) bond motifs is 1. The van der Waals surface area contributed by atoms with E-state index in [1.54, 1.807) is 18.2 Å². The topological polar surface area (TPSA) is 118 Å². The Balaban J connectivity index is 1.57. The number of hydrogen-bond donors (Lipinski definition) is 3. The third-order valence-corrected chi connectivity index (χ3v) is 4.40. The molecule has 0 unspecified atom stereocenters. The number of H-pyrrole nitrogens is 1. The van der Waals surface area contributed by atoms with E-state index in [1.165, 1.54) is 11.0 Å². The number of alkyl halides is 3. The van der Waals surface area contributed by atoms with Gasteiger partial charge in [-0.2, -0.15) is 18.3 Å². The minimum atomic E-state index is -4.36. The Kier molecular flexibility index (Phi) is 6.56. The molecule has 0 saturated carbocycles. The van der Waals surface area contributed by atoms with Crippen molar-refractivity contribution in [2.75, 3.05) is 0 Å². The van der Waals surface area contributed by atoms with Crippen LogP contribution >= 0.6 is 0 Å². The monoisotopic (exact) mass is 437 g/mol. The normalized spacial score (nSPS) is 11.8. The highest BCUT2D eigenvalue weighted by Gasteiger charge is 2.27. The fourth-order valence-electron chi connectivity index (χ4n) is 2.88. The first kappa shape index (κ1) is 22.2. The third kappa shape index (κ3) is 6.03. The number of nitrogens with zero attached hydrogens (tertiary/aromatic N) is 4. The first-order chi connectivity index (χ1) is 14.6. The van der Waals surface area contributed by atoms with E-state index in [0.717, 1.165) is 0 Å². The number of hydrogen-bond acceptors (Lipinski definition) is 5. The van der Waals surface area contributed by atoms with E-state index < -0.39 is 24.9 Å². The molecule has 166 valence electrons. The number of nitrogens with one attached hydrogen (secondary N) is 3. The van der Waals surface area contributed by atoms with Crippen LogP contribution in [-0.2, 0) is 17.9 Å². The molecule has 0 aliphatic heterocycles. The van der Waals surface area contributed by atoms with Crippen LogP contribution < -0.4 is 10.6 Å². The predicted molar refractivity (Wildman–Crippen MR) is 105 cm³/mol. The molecule has 0 aliphatic carbocycles. The van der Waals surface area contributed by atoms with E-state index in [-0.39, 0.29) is 30.9 Å². The van der Waals surface area contributed by atoms with Crippen molar-refractivity contribution >= 4 is 22.8 Å². The molecule has 0 radical (unpaired) electrons. The van der Waals surface area contributed by atoms with Crippen LogP contribution in [0.5, 0.6) is 0 Å². The van der Waals surface area contributed by atoms with E-state index in [2.05, 4.69) is 30.7 Å². The van der Waals surface area contributed by atoms with Gasteiger partial charge in [0.05, 0.1) is 24.0 Å². The average Bonchev–Trinajstić information content (AvgIpc) is 3.34. The number of imidazole rings is 1. The Bertz CT molecular complexity index is 1070. The first-order valence-corrected chi connectivity index (χ1v) is 9.61. The van der Waals surface area contributed by atoms with Crippen molar-refractivity contribution in [3.8, 4) is 0 Å². The quantitative estimate of drug-likeness (QED) is 0.501. The number of halogens is 3. The van der Waals surface area contributed by atoms with Crippen LogP contribution in [-0.4, -0.2) is 42.7 Å². The molecule has 0 aliphatic rings. The van der Waals surface area contributed by atoms with Crippen molar-refractivity contribution in [1.82, 2.24) is 35.4 Å². The second kappa shape index (κ2) is 9.14. The van der Waals surface area contributed by atoms with Gasteiger partial charge in [-0.15, -0.1) is 0 Å². The Labute approximate surface area is 175 Å². The van der Waals surface area contributed by atoms with Gasteiger partial charge >= 0.3 is 6.18 Å². The van der Waals surface area contributed by atoms with Gasteiger partial charge in [-0.1, -0.05) is 6.07 Å². The highest BCUT2D eigenvalue weighted by Crippen LogP contribution is 2.21. The molecule has 0 fully saturated rings. The average molecular weight is 437 g/mol. The van der Waals surface area contributed by atoms with Crippen LogP contribution in [0, 0.1) is 0 Å². The minimum absolute atomic E-state index is 0.0122. The Morgan fingerprint density at radius 2 is 1.97 bits per heavy atom. The van der Waals surface area contributed by atoms with Gasteiger partial charge in [-0.05, 0) is 31.5 Å². The lowest BCUT2D eigenvalue weighted by Crippen LogP contribution is -2.27. The zero-order valence-corrected chi connectivity index (χ0v) is 17.0. The summed E-state index contributed by atoms with van der Waals surface area (Å²) < 4.78 is 38.1. The number of carbonyl (C=O) groups is 2. The fourth-order valence-corrected chi connectivity index (χ4v) is 2.88. The molecular weight excluding hydrogens is 415 g/mol. The Morgan fingerprint density at radius 1 is 1.19 bits per heavy atom. The van der Waals surface area contributed by atoms with Crippen LogP contribution in [0.3, 0.4) is 0 Å². The lowest BCUT2D eigenvalue weighted by Gasteiger charge is -2.08. The summed E-state index contributed by atoms with van der Waals surface area (Å²) in [6, 6.07) is 5.18. The molecule has 9 nitrogen and oxygen atoms in total. The lowest BCUT2D eigenvalue weighted by molar-refractivity contribution is -0.144. The molecule has 1 aromatic carbocycles. The molecule has 0 saturated heterocycles. The van der Waals surface area contributed by atoms with Crippen LogP contribution in [0.4, 0.5) is 13.2 Å². The van der Waals surface area contributed by atoms with Crippen molar-refractivity contribution in [2.45, 2.75) is 52.0 Å². The molecule has 0 spiro atoms. The van der Waals surface area contributed by atoms with Crippen molar-refractivity contribution in [3.05, 3.63) is 41.7 Å². The van der Waals surface area contributed by atoms with E-state index in [0.29, 0.717) is 22.4 Å². The summed E-state index contributed by atoms with van der Waals surface area (Å²) in [4.78, 5) is 35.4. The molecule has 12 heteroatoms. The van der Waals surface area contributed by atoms with Gasteiger partial charge < -0.3 is 15.6 Å². The summed E-state index contributed by atoms with van der Waals surface area (Å²) >= 11 is 0. The van der Waals surface area contributed by atoms with Crippen molar-refractivity contribution in [2.24, 2.45) is 0 Å². The molecule has 3 aromatic rings. The van der Waals surface area contributed by atoms with Gasteiger partial charge in [-0.3, -0.25) is 9.59 Å². The largest absolute Gasteiger partial charge is 0.389 e. The maximum Gasteiger partial charge on any atom is 0.389 e. The molecule has 0 atom stereocenters. The number of benzene rings is 1. The SMILES string of the molecule is CC(C)n1ncnc1C(=O)NCc1nc2ccc(CNC(=O)CCC(F)(F)F)cc2[nH]1. The lowest BCUT2D eigenvalue weighted by atomic mass is 10.2. The molecular formula is C19H22F3N7O2. The van der Waals surface area contributed by atoms with Gasteiger partial charge in [-0.25, -0.2) is 14.6 Å². The maximum absolute atomic E-state index is 12.4. The minimum Gasteiger partial charge on any atom is -0.352 e. The van der Waals surface area contributed by atoms with Gasteiger partial charge in [0.2, 0.25) is 11.7 Å². The molecule has 2 aromatic heterocycles. The van der Waals surface area contributed by atoms with E-state index >= 15 is 0 Å². The first-order valence-electron chi connectivity index (χ1n) is 9.61. The summed E-state index contributed by atoms with van der Waals surface area (Å²) in [5.74, 6) is -0.325. The summed E-state index contributed by atoms with van der Waals surface area (Å²) in [6.07, 6.45) is -4.80. The second-order valence-electron chi connectivity index (χ2n) is 7.23. The summed E-state index contributed by atoms with van der Waals surface area (Å²) in [5, 5.41) is 9.23. The van der Waals surface area contributed by atoms with Crippen molar-refractivity contribution in [3.63, 3.8) is 0 Å². The summed E-state index contributed by atoms with van der Waals surface area (Å²) in [7, 11) is 0. The summed E-state index contributed by atoms with van der Waals surface area (Å²) in [6.45, 7) is 4.02. The van der Waals surface area contributed by atoms with E-state index in [1.807, 2.05) is 13.8 Å². The van der Waals surface area contributed by atoms with Gasteiger partial charge in [0, 0.05) is 19.0 Å². The van der Waals surface area contributed by atoms with Crippen LogP contribution in [0.1, 0.15) is 54.7 Å². The molecule has 3 rings (SSSR count). The van der Waals surface area contributed by atoms with Crippen molar-refractivity contribution in [1.29, 1.82) is 0 Å². The van der Waals surface area contributed by atoms with E-state index in [4.69, 9.17) is 0 Å². The third-order valence-electron chi connectivity index (χ3n) is 4.40. The van der Waals surface area contributed by atoms with Crippen LogP contribution in [0.25, 0.3) is 11.0 Å². The second-order valence-corrected chi connectivity index (χ2v) is 7.23. The number of amides is 2. The van der Waals surface area contributed by atoms with Gasteiger partial charge in [0.1, 0.15) is 12.2 Å². The molecule has 3 N–H and O–H groups in total. The number of carbonyl (C=O) groups excluding carboxylic acids is 2. The molecule has 2 amide bonds. The van der Waals surface area contributed by atoms with Gasteiger partial charge in [0.25, 0.3) is 5.91 Å². The molecule has 31 heavy (non-hydrogen) atoms. The number of aromatic amines is 1. The smallest absolute Gasteiger partial charge is 0.352 e. The fraction of sp³-hybridized carbons (Fsp3) is 0.421. The van der Waals surface area contributed by atoms with Crippen molar-refractivity contribution < 1.29 is 22.8 Å². The van der Waals surface area contributed by atoms with E-state index in [9.17, 15) is 22.8 Å². The van der Waals surface area contributed by atoms with Crippen LogP contribution in [0.2, 0.25) is 0 Å². The maximum atomic E-state index is 12.4. The summed E-state index contributed by atoms with van der Waals surface area (Å²) in [5.41, 5.74) is 2.04.